The lowest BCUT2D eigenvalue weighted by Crippen LogP contribution is -2.61. The van der Waals surface area contributed by atoms with Gasteiger partial charge in [0.1, 0.15) is 18.8 Å². The number of carboxylic acids is 1. The molecular weight excluding hydrogens is 901 g/mol. The average molecular weight is 999 g/mol. The molecular formula is C59H98O12. The second kappa shape index (κ2) is 47.2. The van der Waals surface area contributed by atoms with Gasteiger partial charge in [0.15, 0.2) is 24.6 Å². The van der Waals surface area contributed by atoms with E-state index in [4.69, 9.17) is 23.7 Å². The van der Waals surface area contributed by atoms with E-state index in [0.29, 0.717) is 25.7 Å². The summed E-state index contributed by atoms with van der Waals surface area (Å²) in [6, 6.07) is 0. The van der Waals surface area contributed by atoms with Crippen LogP contribution in [-0.4, -0.2) is 89.2 Å². The van der Waals surface area contributed by atoms with E-state index in [1.165, 1.54) is 70.6 Å². The number of unbranched alkanes of at least 4 members (excludes halogenated alkanes) is 20. The van der Waals surface area contributed by atoms with E-state index in [1.807, 2.05) is 12.2 Å². The molecule has 6 atom stereocenters. The van der Waals surface area contributed by atoms with Gasteiger partial charge < -0.3 is 39.0 Å². The zero-order valence-electron chi connectivity index (χ0n) is 44.4. The van der Waals surface area contributed by atoms with Crippen molar-refractivity contribution in [2.75, 3.05) is 13.2 Å². The molecule has 6 unspecified atom stereocenters. The van der Waals surface area contributed by atoms with E-state index < -0.39 is 67.3 Å². The first kappa shape index (κ1) is 65.2. The van der Waals surface area contributed by atoms with Crippen molar-refractivity contribution in [3.63, 3.8) is 0 Å². The number of hydrogen-bond donors (Lipinski definition) is 3. The smallest absolute Gasteiger partial charge is 0.335 e. The number of esters is 3. The van der Waals surface area contributed by atoms with Crippen molar-refractivity contribution < 1.29 is 58.2 Å². The first-order valence-corrected chi connectivity index (χ1v) is 27.9. The van der Waals surface area contributed by atoms with Gasteiger partial charge in [-0.05, 0) is 83.5 Å². The van der Waals surface area contributed by atoms with Crippen molar-refractivity contribution in [3.05, 3.63) is 72.9 Å². The van der Waals surface area contributed by atoms with Crippen LogP contribution < -0.4 is 0 Å². The molecule has 0 aromatic rings. The van der Waals surface area contributed by atoms with E-state index in [-0.39, 0.29) is 25.9 Å². The third kappa shape index (κ3) is 37.6. The minimum absolute atomic E-state index is 0.0194. The van der Waals surface area contributed by atoms with Crippen LogP contribution in [0.1, 0.15) is 226 Å². The van der Waals surface area contributed by atoms with E-state index in [9.17, 15) is 34.5 Å². The molecule has 1 fully saturated rings. The van der Waals surface area contributed by atoms with Crippen molar-refractivity contribution in [2.24, 2.45) is 0 Å². The van der Waals surface area contributed by atoms with Gasteiger partial charge in [-0.1, -0.05) is 196 Å². The normalized spacial score (nSPS) is 19.0. The molecule has 12 heteroatoms. The topological polar surface area (TPSA) is 175 Å². The monoisotopic (exact) mass is 999 g/mol. The third-order valence-corrected chi connectivity index (χ3v) is 12.3. The second-order valence-corrected chi connectivity index (χ2v) is 18.8. The summed E-state index contributed by atoms with van der Waals surface area (Å²) in [4.78, 5) is 50.9. The molecule has 1 aliphatic rings. The molecule has 0 aromatic carbocycles. The lowest BCUT2D eigenvalue weighted by atomic mass is 9.98. The summed E-state index contributed by atoms with van der Waals surface area (Å²) >= 11 is 0. The van der Waals surface area contributed by atoms with Gasteiger partial charge in [-0.3, -0.25) is 14.4 Å². The molecule has 1 rings (SSSR count). The van der Waals surface area contributed by atoms with Crippen LogP contribution in [0, 0.1) is 0 Å². The molecule has 406 valence electrons. The van der Waals surface area contributed by atoms with Crippen molar-refractivity contribution in [2.45, 2.75) is 263 Å². The Bertz CT molecular complexity index is 1510. The number of allylic oxidation sites excluding steroid dienone is 12. The Morgan fingerprint density at radius 1 is 0.479 bits per heavy atom. The fraction of sp³-hybridized carbons (Fsp3) is 0.729. The van der Waals surface area contributed by atoms with Crippen LogP contribution in [0.5, 0.6) is 0 Å². The van der Waals surface area contributed by atoms with Crippen LogP contribution >= 0.6 is 0 Å². The van der Waals surface area contributed by atoms with Crippen LogP contribution in [0.3, 0.4) is 0 Å². The number of ether oxygens (including phenoxy) is 5. The minimum Gasteiger partial charge on any atom is -0.479 e. The lowest BCUT2D eigenvalue weighted by Gasteiger charge is -2.40. The Balaban J connectivity index is 2.72. The zero-order valence-corrected chi connectivity index (χ0v) is 44.4. The minimum atomic E-state index is -1.92. The molecule has 3 N–H and O–H groups in total. The molecule has 12 nitrogen and oxygen atoms in total. The first-order valence-electron chi connectivity index (χ1n) is 27.9. The van der Waals surface area contributed by atoms with Gasteiger partial charge in [0.2, 0.25) is 0 Å². The summed E-state index contributed by atoms with van der Waals surface area (Å²) in [5.41, 5.74) is 0. The number of aliphatic hydroxyl groups excluding tert-OH is 2. The van der Waals surface area contributed by atoms with E-state index in [1.54, 1.807) is 0 Å². The molecule has 0 aliphatic carbocycles. The molecule has 0 radical (unpaired) electrons. The standard InChI is InChI=1S/C59H98O12/c1-4-7-10-13-16-19-21-23-25-26-28-30-32-35-38-41-44-47-53(62)70-57-55(64)54(63)56(58(65)66)71-59(57)68-49-50(69-52(61)46-43-40-37-33-18-15-12-9-6-3)48-67-51(60)45-42-39-36-34-31-29-27-24-22-20-17-14-11-8-5-2/h7,10,16,19,23-25,27-28,30,35,38,50,54-57,59,63-64H,4-6,8-9,11-15,17-18,20-22,26,29,31-34,36-37,39-49H2,1-3H3,(H,65,66)/b10-7-,19-16-,25-23-,27-24-,30-28-,38-35-. The molecule has 0 bridgehead atoms. The third-order valence-electron chi connectivity index (χ3n) is 12.3. The number of aliphatic carboxylic acids is 1. The summed E-state index contributed by atoms with van der Waals surface area (Å²) in [5, 5.41) is 31.4. The number of carbonyl (C=O) groups excluding carboxylic acids is 3. The Hall–Kier alpha value is -3.84. The highest BCUT2D eigenvalue weighted by Gasteiger charge is 2.50. The summed E-state index contributed by atoms with van der Waals surface area (Å²) in [5.74, 6) is -3.21. The van der Waals surface area contributed by atoms with Crippen molar-refractivity contribution in [1.29, 1.82) is 0 Å². The van der Waals surface area contributed by atoms with Crippen LogP contribution in [0.15, 0.2) is 72.9 Å². The molecule has 1 heterocycles. The zero-order chi connectivity index (χ0) is 51.8. The first-order chi connectivity index (χ1) is 34.6. The fourth-order valence-electron chi connectivity index (χ4n) is 7.99. The van der Waals surface area contributed by atoms with Crippen LogP contribution in [0.25, 0.3) is 0 Å². The summed E-state index contributed by atoms with van der Waals surface area (Å²) < 4.78 is 28.2. The van der Waals surface area contributed by atoms with Crippen molar-refractivity contribution >= 4 is 23.9 Å². The average Bonchev–Trinajstić information content (AvgIpc) is 3.35. The van der Waals surface area contributed by atoms with Gasteiger partial charge in [0, 0.05) is 19.3 Å². The highest BCUT2D eigenvalue weighted by Crippen LogP contribution is 2.26. The summed E-state index contributed by atoms with van der Waals surface area (Å²) in [6.07, 6.45) is 46.1. The predicted octanol–water partition coefficient (Wildman–Crippen LogP) is 13.8. The lowest BCUT2D eigenvalue weighted by molar-refractivity contribution is -0.301. The predicted molar refractivity (Wildman–Crippen MR) is 285 cm³/mol. The number of hydrogen-bond acceptors (Lipinski definition) is 11. The number of carboxylic acid groups (broad SMARTS) is 1. The SMILES string of the molecule is CC/C=C\C/C=C\C/C=C\C/C=C\C/C=C\CCCC(=O)OC1C(OCC(COC(=O)CCCCCCC/C=C\CCCCCCCC)OC(=O)CCCCCCCCCCC)OC(C(=O)O)C(O)C1O. The Morgan fingerprint density at radius 3 is 1.41 bits per heavy atom. The maximum atomic E-state index is 13.0. The quantitative estimate of drug-likeness (QED) is 0.0228. The number of aliphatic hydroxyl groups is 2. The van der Waals surface area contributed by atoms with E-state index >= 15 is 0 Å². The Labute approximate surface area is 429 Å². The molecule has 1 aliphatic heterocycles. The largest absolute Gasteiger partial charge is 0.479 e. The fourth-order valence-corrected chi connectivity index (χ4v) is 7.99. The highest BCUT2D eigenvalue weighted by molar-refractivity contribution is 5.74. The van der Waals surface area contributed by atoms with Gasteiger partial charge in [0.05, 0.1) is 6.61 Å². The number of rotatable bonds is 46. The highest BCUT2D eigenvalue weighted by atomic mass is 16.7. The molecule has 1 saturated heterocycles. The van der Waals surface area contributed by atoms with Gasteiger partial charge in [0.25, 0.3) is 0 Å². The molecule has 0 aromatic heterocycles. The van der Waals surface area contributed by atoms with Gasteiger partial charge in [-0.25, -0.2) is 4.79 Å². The maximum absolute atomic E-state index is 13.0. The van der Waals surface area contributed by atoms with Crippen molar-refractivity contribution in [3.8, 4) is 0 Å². The number of carbonyl (C=O) groups is 4. The molecule has 0 spiro atoms. The maximum Gasteiger partial charge on any atom is 0.335 e. The Kier molecular flexibility index (Phi) is 43.3. The van der Waals surface area contributed by atoms with Crippen molar-refractivity contribution in [1.82, 2.24) is 0 Å². The van der Waals surface area contributed by atoms with Crippen LogP contribution in [0.2, 0.25) is 0 Å². The summed E-state index contributed by atoms with van der Waals surface area (Å²) in [7, 11) is 0. The van der Waals surface area contributed by atoms with Crippen LogP contribution in [-0.2, 0) is 42.9 Å². The van der Waals surface area contributed by atoms with E-state index in [0.717, 1.165) is 89.9 Å². The van der Waals surface area contributed by atoms with Gasteiger partial charge in [-0.15, -0.1) is 0 Å². The molecule has 0 saturated carbocycles. The second-order valence-electron chi connectivity index (χ2n) is 18.8. The van der Waals surface area contributed by atoms with E-state index in [2.05, 4.69) is 81.5 Å². The molecule has 0 amide bonds. The summed E-state index contributed by atoms with van der Waals surface area (Å²) in [6.45, 7) is 5.80. The van der Waals surface area contributed by atoms with Gasteiger partial charge >= 0.3 is 23.9 Å². The van der Waals surface area contributed by atoms with Gasteiger partial charge in [-0.2, -0.15) is 0 Å². The Morgan fingerprint density at radius 2 is 0.901 bits per heavy atom. The van der Waals surface area contributed by atoms with Crippen LogP contribution in [0.4, 0.5) is 0 Å². The molecule has 71 heavy (non-hydrogen) atoms.